The molecule has 0 atom stereocenters. The number of hydrogen-bond acceptors (Lipinski definition) is 6. The summed E-state index contributed by atoms with van der Waals surface area (Å²) in [6.45, 7) is 3.43. The lowest BCUT2D eigenvalue weighted by Gasteiger charge is -2.11. The lowest BCUT2D eigenvalue weighted by molar-refractivity contribution is 0.297. The second-order valence-corrected chi connectivity index (χ2v) is 5.72. The van der Waals surface area contributed by atoms with E-state index in [1.54, 1.807) is 11.8 Å². The summed E-state index contributed by atoms with van der Waals surface area (Å²) in [4.78, 5) is 9.43. The molecule has 0 saturated heterocycles. The van der Waals surface area contributed by atoms with Gasteiger partial charge in [-0.1, -0.05) is 18.7 Å². The van der Waals surface area contributed by atoms with Gasteiger partial charge in [-0.25, -0.2) is 9.97 Å². The van der Waals surface area contributed by atoms with Crippen molar-refractivity contribution < 1.29 is 9.47 Å². The third-order valence-electron chi connectivity index (χ3n) is 3.23. The van der Waals surface area contributed by atoms with Gasteiger partial charge in [0.2, 0.25) is 0 Å². The quantitative estimate of drug-likeness (QED) is 0.879. The first-order chi connectivity index (χ1) is 10.3. The zero-order valence-electron chi connectivity index (χ0n) is 11.8. The number of hydrogen-bond donors (Lipinski definition) is 1. The van der Waals surface area contributed by atoms with Crippen molar-refractivity contribution in [3.63, 3.8) is 0 Å². The first kappa shape index (κ1) is 14.0. The zero-order valence-corrected chi connectivity index (χ0v) is 12.7. The number of rotatable bonds is 3. The SMILES string of the molecule is CCc1c(N)ncnc1Sc1ccc2c(c1)OCCCO2. The fraction of sp³-hybridized carbons (Fsp3) is 0.333. The first-order valence-electron chi connectivity index (χ1n) is 6.94. The fourth-order valence-corrected chi connectivity index (χ4v) is 3.15. The van der Waals surface area contributed by atoms with E-state index in [2.05, 4.69) is 9.97 Å². The Morgan fingerprint density at radius 1 is 1.19 bits per heavy atom. The lowest BCUT2D eigenvalue weighted by atomic mass is 10.2. The van der Waals surface area contributed by atoms with E-state index in [4.69, 9.17) is 15.2 Å². The van der Waals surface area contributed by atoms with Crippen molar-refractivity contribution in [3.8, 4) is 11.5 Å². The minimum atomic E-state index is 0.546. The number of fused-ring (bicyclic) bond motifs is 1. The molecule has 2 heterocycles. The van der Waals surface area contributed by atoms with Crippen molar-refractivity contribution in [1.82, 2.24) is 9.97 Å². The molecule has 0 unspecified atom stereocenters. The molecule has 1 aliphatic rings. The van der Waals surface area contributed by atoms with Crippen LogP contribution in [0.25, 0.3) is 0 Å². The molecule has 0 spiro atoms. The largest absolute Gasteiger partial charge is 0.490 e. The Bertz CT molecular complexity index is 649. The summed E-state index contributed by atoms with van der Waals surface area (Å²) in [5, 5.41) is 0.888. The van der Waals surface area contributed by atoms with Crippen molar-refractivity contribution in [1.29, 1.82) is 0 Å². The highest BCUT2D eigenvalue weighted by atomic mass is 32.2. The van der Waals surface area contributed by atoms with Gasteiger partial charge in [0.25, 0.3) is 0 Å². The van der Waals surface area contributed by atoms with Gasteiger partial charge in [-0.3, -0.25) is 0 Å². The molecule has 2 aromatic rings. The predicted molar refractivity (Wildman–Crippen MR) is 82.0 cm³/mol. The van der Waals surface area contributed by atoms with E-state index in [1.165, 1.54) is 6.33 Å². The van der Waals surface area contributed by atoms with Crippen molar-refractivity contribution in [2.45, 2.75) is 29.7 Å². The van der Waals surface area contributed by atoms with E-state index in [9.17, 15) is 0 Å². The number of anilines is 1. The molecule has 1 aliphatic heterocycles. The van der Waals surface area contributed by atoms with E-state index in [-0.39, 0.29) is 0 Å². The van der Waals surface area contributed by atoms with Crippen molar-refractivity contribution in [3.05, 3.63) is 30.1 Å². The number of nitrogen functional groups attached to an aromatic ring is 1. The molecule has 0 fully saturated rings. The van der Waals surface area contributed by atoms with Crippen LogP contribution in [0, 0.1) is 0 Å². The Morgan fingerprint density at radius 3 is 2.81 bits per heavy atom. The Kier molecular flexibility index (Phi) is 4.15. The van der Waals surface area contributed by atoms with Gasteiger partial charge in [0.05, 0.1) is 13.2 Å². The maximum atomic E-state index is 5.91. The van der Waals surface area contributed by atoms with Crippen LogP contribution in [0.3, 0.4) is 0 Å². The number of benzene rings is 1. The minimum Gasteiger partial charge on any atom is -0.490 e. The second-order valence-electron chi connectivity index (χ2n) is 4.66. The molecule has 21 heavy (non-hydrogen) atoms. The summed E-state index contributed by atoms with van der Waals surface area (Å²) >= 11 is 1.57. The summed E-state index contributed by atoms with van der Waals surface area (Å²) < 4.78 is 11.3. The summed E-state index contributed by atoms with van der Waals surface area (Å²) in [6.07, 6.45) is 3.21. The number of ether oxygens (including phenoxy) is 2. The Hall–Kier alpha value is -1.95. The second kappa shape index (κ2) is 6.22. The lowest BCUT2D eigenvalue weighted by Crippen LogP contribution is -2.00. The predicted octanol–water partition coefficient (Wildman–Crippen LogP) is 2.93. The van der Waals surface area contributed by atoms with E-state index in [0.717, 1.165) is 39.8 Å². The van der Waals surface area contributed by atoms with Gasteiger partial charge in [-0.15, -0.1) is 0 Å². The molecule has 110 valence electrons. The molecule has 1 aromatic heterocycles. The Morgan fingerprint density at radius 2 is 2.00 bits per heavy atom. The van der Waals surface area contributed by atoms with Gasteiger partial charge in [0.15, 0.2) is 11.5 Å². The monoisotopic (exact) mass is 303 g/mol. The molecule has 6 heteroatoms. The summed E-state index contributed by atoms with van der Waals surface area (Å²) in [5.74, 6) is 2.14. The van der Waals surface area contributed by atoms with Gasteiger partial charge >= 0.3 is 0 Å². The molecule has 0 saturated carbocycles. The molecular formula is C15H17N3O2S. The number of nitrogens with zero attached hydrogens (tertiary/aromatic N) is 2. The summed E-state index contributed by atoms with van der Waals surface area (Å²) in [5.41, 5.74) is 6.89. The number of nitrogens with two attached hydrogens (primary N) is 1. The molecule has 0 bridgehead atoms. The van der Waals surface area contributed by atoms with Gasteiger partial charge in [-0.2, -0.15) is 0 Å². The maximum Gasteiger partial charge on any atom is 0.162 e. The first-order valence-corrected chi connectivity index (χ1v) is 7.76. The van der Waals surface area contributed by atoms with E-state index in [1.807, 2.05) is 25.1 Å². The molecule has 2 N–H and O–H groups in total. The standard InChI is InChI=1S/C15H17N3O2S/c1-2-11-14(16)17-9-18-15(11)21-10-4-5-12-13(8-10)20-7-3-6-19-12/h4-5,8-9H,2-3,6-7H2,1H3,(H2,16,17,18). The molecule has 3 rings (SSSR count). The highest BCUT2D eigenvalue weighted by Gasteiger charge is 2.13. The van der Waals surface area contributed by atoms with Crippen LogP contribution in [0.2, 0.25) is 0 Å². The molecule has 1 aromatic carbocycles. The topological polar surface area (TPSA) is 70.3 Å². The van der Waals surface area contributed by atoms with Crippen molar-refractivity contribution >= 4 is 17.6 Å². The van der Waals surface area contributed by atoms with Crippen LogP contribution in [-0.2, 0) is 6.42 Å². The van der Waals surface area contributed by atoms with Crippen LogP contribution in [0.4, 0.5) is 5.82 Å². The van der Waals surface area contributed by atoms with Gasteiger partial charge in [0, 0.05) is 16.9 Å². The molecule has 0 amide bonds. The highest BCUT2D eigenvalue weighted by molar-refractivity contribution is 7.99. The van der Waals surface area contributed by atoms with Crippen LogP contribution < -0.4 is 15.2 Å². The normalized spacial score (nSPS) is 13.8. The van der Waals surface area contributed by atoms with Crippen LogP contribution >= 0.6 is 11.8 Å². The van der Waals surface area contributed by atoms with E-state index in [0.29, 0.717) is 19.0 Å². The van der Waals surface area contributed by atoms with Crippen LogP contribution in [0.5, 0.6) is 11.5 Å². The average Bonchev–Trinajstić information content (AvgIpc) is 2.72. The average molecular weight is 303 g/mol. The van der Waals surface area contributed by atoms with Crippen LogP contribution in [0.15, 0.2) is 34.4 Å². The van der Waals surface area contributed by atoms with Crippen molar-refractivity contribution in [2.24, 2.45) is 0 Å². The Balaban J connectivity index is 1.89. The number of aromatic nitrogens is 2. The van der Waals surface area contributed by atoms with Gasteiger partial charge < -0.3 is 15.2 Å². The maximum absolute atomic E-state index is 5.91. The minimum absolute atomic E-state index is 0.546. The molecule has 0 aliphatic carbocycles. The van der Waals surface area contributed by atoms with E-state index >= 15 is 0 Å². The summed E-state index contributed by atoms with van der Waals surface area (Å²) in [7, 11) is 0. The molecule has 5 nitrogen and oxygen atoms in total. The molecular weight excluding hydrogens is 286 g/mol. The third kappa shape index (κ3) is 3.05. The molecule has 0 radical (unpaired) electrons. The van der Waals surface area contributed by atoms with Crippen LogP contribution in [0.1, 0.15) is 18.9 Å². The zero-order chi connectivity index (χ0) is 14.7. The van der Waals surface area contributed by atoms with Gasteiger partial charge in [-0.05, 0) is 24.6 Å². The Labute approximate surface area is 127 Å². The van der Waals surface area contributed by atoms with Crippen LogP contribution in [-0.4, -0.2) is 23.2 Å². The third-order valence-corrected chi connectivity index (χ3v) is 4.26. The summed E-state index contributed by atoms with van der Waals surface area (Å²) in [6, 6.07) is 5.94. The van der Waals surface area contributed by atoms with E-state index < -0.39 is 0 Å². The van der Waals surface area contributed by atoms with Gasteiger partial charge in [0.1, 0.15) is 17.2 Å². The van der Waals surface area contributed by atoms with Crippen molar-refractivity contribution in [2.75, 3.05) is 18.9 Å². The fourth-order valence-electron chi connectivity index (χ4n) is 2.15. The highest BCUT2D eigenvalue weighted by Crippen LogP contribution is 2.37. The smallest absolute Gasteiger partial charge is 0.162 e.